The van der Waals surface area contributed by atoms with Gasteiger partial charge in [0, 0.05) is 26.7 Å². The van der Waals surface area contributed by atoms with E-state index in [0.717, 1.165) is 27.4 Å². The Morgan fingerprint density at radius 1 is 1.17 bits per heavy atom. The Hall–Kier alpha value is -1.45. The third-order valence-corrected chi connectivity index (χ3v) is 5.58. The number of anilines is 1. The van der Waals surface area contributed by atoms with Crippen molar-refractivity contribution in [2.75, 3.05) is 12.4 Å². The number of ether oxygens (including phenoxy) is 1. The van der Waals surface area contributed by atoms with Gasteiger partial charge in [-0.25, -0.2) is 0 Å². The highest BCUT2D eigenvalue weighted by Crippen LogP contribution is 2.51. The van der Waals surface area contributed by atoms with Gasteiger partial charge in [0.05, 0.1) is 13.2 Å². The summed E-state index contributed by atoms with van der Waals surface area (Å²) in [6, 6.07) is 12.5. The number of hydrogen-bond donors (Lipinski definition) is 1. The molecule has 0 aromatic heterocycles. The molecule has 0 fully saturated rings. The van der Waals surface area contributed by atoms with E-state index in [1.54, 1.807) is 7.11 Å². The molecule has 23 heavy (non-hydrogen) atoms. The van der Waals surface area contributed by atoms with Crippen LogP contribution in [0.3, 0.4) is 0 Å². The van der Waals surface area contributed by atoms with E-state index in [1.807, 2.05) is 18.2 Å². The minimum Gasteiger partial charge on any atom is -0.496 e. The molecular formula is C19H17BrClNO. The number of rotatable bonds is 2. The first kappa shape index (κ1) is 15.1. The van der Waals surface area contributed by atoms with Crippen LogP contribution in [0.1, 0.15) is 29.5 Å². The number of fused-ring (bicyclic) bond motifs is 3. The molecule has 0 amide bonds. The lowest BCUT2D eigenvalue weighted by Gasteiger charge is -2.38. The number of benzene rings is 2. The first-order chi connectivity index (χ1) is 11.2. The molecule has 0 spiro atoms. The Morgan fingerprint density at radius 3 is 2.87 bits per heavy atom. The smallest absolute Gasteiger partial charge is 0.124 e. The van der Waals surface area contributed by atoms with Gasteiger partial charge in [-0.05, 0) is 54.3 Å². The molecule has 2 aromatic carbocycles. The van der Waals surface area contributed by atoms with Gasteiger partial charge in [-0.15, -0.1) is 0 Å². The van der Waals surface area contributed by atoms with E-state index >= 15 is 0 Å². The zero-order valence-corrected chi connectivity index (χ0v) is 15.1. The van der Waals surface area contributed by atoms with Crippen LogP contribution in [-0.4, -0.2) is 7.11 Å². The number of nitrogens with one attached hydrogen (secondary N) is 1. The molecule has 3 atom stereocenters. The van der Waals surface area contributed by atoms with Crippen molar-refractivity contribution in [1.82, 2.24) is 0 Å². The van der Waals surface area contributed by atoms with Gasteiger partial charge in [0.2, 0.25) is 0 Å². The summed E-state index contributed by atoms with van der Waals surface area (Å²) in [6.07, 6.45) is 5.66. The lowest BCUT2D eigenvalue weighted by Crippen LogP contribution is -2.29. The van der Waals surface area contributed by atoms with Crippen molar-refractivity contribution >= 4 is 33.2 Å². The normalized spacial score (nSPS) is 24.7. The van der Waals surface area contributed by atoms with Gasteiger partial charge in [0.1, 0.15) is 5.75 Å². The molecule has 4 heteroatoms. The summed E-state index contributed by atoms with van der Waals surface area (Å²) in [7, 11) is 1.73. The molecule has 0 bridgehead atoms. The van der Waals surface area contributed by atoms with Gasteiger partial charge in [-0.2, -0.15) is 0 Å². The third kappa shape index (κ3) is 2.56. The summed E-state index contributed by atoms with van der Waals surface area (Å²) < 4.78 is 6.68. The van der Waals surface area contributed by atoms with Crippen molar-refractivity contribution < 1.29 is 4.74 Å². The minimum absolute atomic E-state index is 0.219. The predicted octanol–water partition coefficient (Wildman–Crippen LogP) is 5.94. The van der Waals surface area contributed by atoms with Crippen molar-refractivity contribution in [3.05, 3.63) is 69.2 Å². The van der Waals surface area contributed by atoms with Gasteiger partial charge in [0.15, 0.2) is 0 Å². The summed E-state index contributed by atoms with van der Waals surface area (Å²) in [6.45, 7) is 0. The number of hydrogen-bond acceptors (Lipinski definition) is 2. The first-order valence-corrected chi connectivity index (χ1v) is 8.90. The lowest BCUT2D eigenvalue weighted by molar-refractivity contribution is 0.381. The molecule has 1 heterocycles. The maximum atomic E-state index is 6.21. The van der Waals surface area contributed by atoms with Crippen LogP contribution in [-0.2, 0) is 0 Å². The van der Waals surface area contributed by atoms with Crippen molar-refractivity contribution in [2.24, 2.45) is 5.92 Å². The van der Waals surface area contributed by atoms with E-state index in [-0.39, 0.29) is 6.04 Å². The molecule has 0 saturated heterocycles. The quantitative estimate of drug-likeness (QED) is 0.641. The number of methoxy groups -OCH3 is 1. The second kappa shape index (κ2) is 5.88. The molecule has 2 nitrogen and oxygen atoms in total. The van der Waals surface area contributed by atoms with Crippen LogP contribution in [0.15, 0.2) is 53.0 Å². The van der Waals surface area contributed by atoms with Crippen LogP contribution in [0.4, 0.5) is 5.69 Å². The van der Waals surface area contributed by atoms with E-state index in [2.05, 4.69) is 51.6 Å². The van der Waals surface area contributed by atoms with Crippen molar-refractivity contribution in [3.63, 3.8) is 0 Å². The summed E-state index contributed by atoms with van der Waals surface area (Å²) in [5.41, 5.74) is 3.65. The highest BCUT2D eigenvalue weighted by Gasteiger charge is 2.39. The zero-order chi connectivity index (χ0) is 16.0. The Morgan fingerprint density at radius 2 is 2.04 bits per heavy atom. The van der Waals surface area contributed by atoms with Crippen LogP contribution >= 0.6 is 27.5 Å². The molecule has 1 N–H and O–H groups in total. The van der Waals surface area contributed by atoms with E-state index in [0.29, 0.717) is 11.8 Å². The molecule has 0 saturated carbocycles. The molecule has 1 aliphatic carbocycles. The number of allylic oxidation sites excluding steroid dienone is 2. The fraction of sp³-hybridized carbons (Fsp3) is 0.263. The highest BCUT2D eigenvalue weighted by atomic mass is 79.9. The maximum absolute atomic E-state index is 6.21. The monoisotopic (exact) mass is 389 g/mol. The molecule has 2 aromatic rings. The van der Waals surface area contributed by atoms with Crippen LogP contribution in [0, 0.1) is 5.92 Å². The van der Waals surface area contributed by atoms with Crippen molar-refractivity contribution in [3.8, 4) is 5.75 Å². The van der Waals surface area contributed by atoms with Crippen molar-refractivity contribution in [2.45, 2.75) is 18.4 Å². The van der Waals surface area contributed by atoms with Gasteiger partial charge >= 0.3 is 0 Å². The Bertz CT molecular complexity index is 789. The van der Waals surface area contributed by atoms with Gasteiger partial charge in [0.25, 0.3) is 0 Å². The molecule has 1 aliphatic heterocycles. The second-order valence-corrected chi connectivity index (χ2v) is 7.45. The van der Waals surface area contributed by atoms with Crippen molar-refractivity contribution in [1.29, 1.82) is 0 Å². The average molecular weight is 391 g/mol. The molecular weight excluding hydrogens is 374 g/mol. The topological polar surface area (TPSA) is 21.3 Å². The van der Waals surface area contributed by atoms with Crippen LogP contribution < -0.4 is 10.1 Å². The molecule has 118 valence electrons. The SMILES string of the molecule is COc1ccc(Br)cc1[C@H]1Nc2ccc(Cl)cc2[C@@H]2C=CC[C@@H]12. The Labute approximate surface area is 149 Å². The van der Waals surface area contributed by atoms with E-state index in [1.165, 1.54) is 11.1 Å². The van der Waals surface area contributed by atoms with E-state index in [9.17, 15) is 0 Å². The van der Waals surface area contributed by atoms with Gasteiger partial charge < -0.3 is 10.1 Å². The molecule has 2 aliphatic rings. The summed E-state index contributed by atoms with van der Waals surface area (Å²) in [4.78, 5) is 0. The van der Waals surface area contributed by atoms with Crippen LogP contribution in [0.5, 0.6) is 5.75 Å². The summed E-state index contributed by atoms with van der Waals surface area (Å²) in [5.74, 6) is 1.80. The Balaban J connectivity index is 1.82. The summed E-state index contributed by atoms with van der Waals surface area (Å²) >= 11 is 9.80. The molecule has 4 rings (SSSR count). The predicted molar refractivity (Wildman–Crippen MR) is 98.5 cm³/mol. The average Bonchev–Trinajstić information content (AvgIpc) is 3.04. The summed E-state index contributed by atoms with van der Waals surface area (Å²) in [5, 5.41) is 4.51. The standard InChI is InChI=1S/C19H17BrClNO/c1-23-18-8-5-11(20)9-16(18)19-14-4-2-3-13(14)15-10-12(21)6-7-17(15)22-19/h2-3,5-10,13-14,19,22H,4H2,1H3/t13-,14-,19+/m1/s1. The fourth-order valence-corrected chi connectivity index (χ4v) is 4.38. The van der Waals surface area contributed by atoms with E-state index in [4.69, 9.17) is 16.3 Å². The Kier molecular flexibility index (Phi) is 3.86. The first-order valence-electron chi connectivity index (χ1n) is 7.73. The van der Waals surface area contributed by atoms with E-state index < -0.39 is 0 Å². The second-order valence-electron chi connectivity index (χ2n) is 6.09. The zero-order valence-electron chi connectivity index (χ0n) is 12.7. The van der Waals surface area contributed by atoms with Crippen LogP contribution in [0.25, 0.3) is 0 Å². The molecule has 0 radical (unpaired) electrons. The fourth-order valence-electron chi connectivity index (χ4n) is 3.82. The third-order valence-electron chi connectivity index (χ3n) is 4.85. The van der Waals surface area contributed by atoms with Gasteiger partial charge in [-0.1, -0.05) is 39.7 Å². The highest BCUT2D eigenvalue weighted by molar-refractivity contribution is 9.10. The van der Waals surface area contributed by atoms with Gasteiger partial charge in [-0.3, -0.25) is 0 Å². The lowest BCUT2D eigenvalue weighted by atomic mass is 9.77. The largest absolute Gasteiger partial charge is 0.496 e. The molecule has 0 unspecified atom stereocenters. The van der Waals surface area contributed by atoms with Crippen LogP contribution in [0.2, 0.25) is 5.02 Å². The number of halogens is 2. The minimum atomic E-state index is 0.219. The maximum Gasteiger partial charge on any atom is 0.124 e.